The zero-order valence-electron chi connectivity index (χ0n) is 29.9. The van der Waals surface area contributed by atoms with E-state index in [1.54, 1.807) is 0 Å². The Morgan fingerprint density at radius 3 is 2.04 bits per heavy atom. The first kappa shape index (κ1) is 33.3. The number of nitrogens with zero attached hydrogens (tertiary/aromatic N) is 2. The summed E-state index contributed by atoms with van der Waals surface area (Å²) in [6.07, 6.45) is 9.68. The lowest BCUT2D eigenvalue weighted by atomic mass is 9.76. The van der Waals surface area contributed by atoms with Crippen LogP contribution in [0, 0.1) is 11.3 Å². The first-order valence-corrected chi connectivity index (χ1v) is 18.7. The fraction of sp³-hybridized carbons (Fsp3) is 0.0600. The van der Waals surface area contributed by atoms with Crippen LogP contribution in [-0.2, 0) is 5.41 Å². The predicted molar refractivity (Wildman–Crippen MR) is 229 cm³/mol. The van der Waals surface area contributed by atoms with Crippen LogP contribution in [0.2, 0.25) is 0 Å². The Morgan fingerprint density at radius 1 is 0.611 bits per heavy atom. The highest BCUT2D eigenvalue weighted by atomic mass is 32.1. The molecule has 0 aliphatic heterocycles. The van der Waals surface area contributed by atoms with Crippen LogP contribution in [0.5, 0.6) is 0 Å². The van der Waals surface area contributed by atoms with Gasteiger partial charge in [-0.2, -0.15) is 5.26 Å². The van der Waals surface area contributed by atoms with Crippen LogP contribution in [0.15, 0.2) is 181 Å². The third-order valence-corrected chi connectivity index (χ3v) is 11.4. The molecule has 0 bridgehead atoms. The molecule has 0 saturated heterocycles. The van der Waals surface area contributed by atoms with Gasteiger partial charge in [-0.1, -0.05) is 128 Å². The van der Waals surface area contributed by atoms with Gasteiger partial charge in [0.2, 0.25) is 0 Å². The van der Waals surface area contributed by atoms with E-state index in [0.29, 0.717) is 5.56 Å². The van der Waals surface area contributed by atoms with Crippen LogP contribution in [0.3, 0.4) is 0 Å². The second kappa shape index (κ2) is 13.5. The average Bonchev–Trinajstić information content (AvgIpc) is 3.54. The van der Waals surface area contributed by atoms with Crippen molar-refractivity contribution in [3.63, 3.8) is 0 Å². The van der Waals surface area contributed by atoms with E-state index in [0.717, 1.165) is 89.0 Å². The number of fused-ring (bicyclic) bond motifs is 3. The van der Waals surface area contributed by atoms with Gasteiger partial charge in [0.25, 0.3) is 0 Å². The second-order valence-corrected chi connectivity index (χ2v) is 14.8. The average molecular weight is 712 g/mol. The van der Waals surface area contributed by atoms with Crippen molar-refractivity contribution in [2.24, 2.45) is 0 Å². The number of benzene rings is 7. The molecule has 1 atom stereocenters. The number of thiol groups is 1. The largest absolute Gasteiger partial charge is 0.398 e. The zero-order valence-corrected chi connectivity index (χ0v) is 30.8. The molecule has 0 fully saturated rings. The number of hydrogen-bond acceptors (Lipinski definition) is 3. The normalized spacial score (nSPS) is 15.1. The first-order valence-electron chi connectivity index (χ1n) is 18.2. The summed E-state index contributed by atoms with van der Waals surface area (Å²) in [5.41, 5.74) is 20.8. The van der Waals surface area contributed by atoms with Gasteiger partial charge < -0.3 is 10.3 Å². The number of nitriles is 1. The van der Waals surface area contributed by atoms with Crippen molar-refractivity contribution < 1.29 is 0 Å². The Balaban J connectivity index is 1.18. The highest BCUT2D eigenvalue weighted by molar-refractivity contribution is 7.80. The molecule has 1 aromatic heterocycles. The Labute approximate surface area is 321 Å². The van der Waals surface area contributed by atoms with Crippen molar-refractivity contribution in [1.82, 2.24) is 4.57 Å². The summed E-state index contributed by atoms with van der Waals surface area (Å²) in [6, 6.07) is 55.5. The molecule has 1 aliphatic rings. The quantitative estimate of drug-likeness (QED) is 0.133. The van der Waals surface area contributed by atoms with Gasteiger partial charge in [0.1, 0.15) is 0 Å². The Kier molecular flexibility index (Phi) is 8.30. The maximum absolute atomic E-state index is 9.83. The highest BCUT2D eigenvalue weighted by Gasteiger charge is 2.27. The van der Waals surface area contributed by atoms with Gasteiger partial charge in [-0.3, -0.25) is 0 Å². The molecule has 0 radical (unpaired) electrons. The van der Waals surface area contributed by atoms with Crippen LogP contribution < -0.4 is 5.73 Å². The van der Waals surface area contributed by atoms with Crippen molar-refractivity contribution in [2.45, 2.75) is 23.7 Å². The number of hydrogen-bond donors (Lipinski definition) is 2. The van der Waals surface area contributed by atoms with Crippen LogP contribution in [0.4, 0.5) is 5.69 Å². The molecule has 2 N–H and O–H groups in total. The summed E-state index contributed by atoms with van der Waals surface area (Å²) in [5.74, 6) is 0. The third kappa shape index (κ3) is 5.80. The topological polar surface area (TPSA) is 54.7 Å². The van der Waals surface area contributed by atoms with E-state index in [2.05, 4.69) is 157 Å². The van der Waals surface area contributed by atoms with E-state index in [-0.39, 0.29) is 5.41 Å². The van der Waals surface area contributed by atoms with E-state index in [4.69, 9.17) is 18.4 Å². The maximum atomic E-state index is 9.83. The Hall–Kier alpha value is -6.54. The summed E-state index contributed by atoms with van der Waals surface area (Å²) in [6.45, 7) is 2.28. The standard InChI is InChI=1S/C50H37N3S/c1-50(25-5-2-6-26-50)45-19-10-18-42(49(45)54)39-21-23-43-44-30-37(22-24-47(44)53(48(43)31-39)40-16-7-11-33(27-40)32-51)35-13-8-12-34(28-35)36-14-9-15-38(29-36)41-17-3-4-20-46(41)52/h2-25,27-31,54H,26,52H2,1H3/t50-/m1/s1. The molecule has 0 spiro atoms. The van der Waals surface area contributed by atoms with Gasteiger partial charge in [0, 0.05) is 38.0 Å². The molecule has 54 heavy (non-hydrogen) atoms. The Bertz CT molecular complexity index is 2870. The number of aromatic nitrogens is 1. The zero-order chi connectivity index (χ0) is 36.8. The van der Waals surface area contributed by atoms with E-state index in [1.165, 1.54) is 5.56 Å². The molecule has 7 aromatic carbocycles. The van der Waals surface area contributed by atoms with Gasteiger partial charge in [-0.25, -0.2) is 0 Å². The minimum absolute atomic E-state index is 0.120. The lowest BCUT2D eigenvalue weighted by Gasteiger charge is -2.29. The van der Waals surface area contributed by atoms with Gasteiger partial charge >= 0.3 is 0 Å². The van der Waals surface area contributed by atoms with Gasteiger partial charge in [0.05, 0.1) is 22.7 Å². The molecule has 258 valence electrons. The summed E-state index contributed by atoms with van der Waals surface area (Å²) < 4.78 is 2.29. The lowest BCUT2D eigenvalue weighted by Crippen LogP contribution is -2.20. The van der Waals surface area contributed by atoms with Gasteiger partial charge in [-0.05, 0) is 106 Å². The molecule has 0 unspecified atom stereocenters. The van der Waals surface area contributed by atoms with E-state index in [9.17, 15) is 5.26 Å². The molecular weight excluding hydrogens is 675 g/mol. The molecule has 9 rings (SSSR count). The number of nitrogen functional groups attached to an aromatic ring is 1. The van der Waals surface area contributed by atoms with Crippen molar-refractivity contribution >= 4 is 40.1 Å². The smallest absolute Gasteiger partial charge is 0.0992 e. The number of nitrogens with two attached hydrogens (primary N) is 1. The molecule has 0 amide bonds. The van der Waals surface area contributed by atoms with Crippen molar-refractivity contribution in [3.05, 3.63) is 187 Å². The number of rotatable bonds is 6. The number of allylic oxidation sites excluding steroid dienone is 4. The van der Waals surface area contributed by atoms with Crippen molar-refractivity contribution in [3.8, 4) is 56.3 Å². The summed E-state index contributed by atoms with van der Waals surface area (Å²) in [5, 5.41) is 12.1. The van der Waals surface area contributed by atoms with E-state index >= 15 is 0 Å². The molecule has 8 aromatic rings. The molecule has 4 heteroatoms. The molecule has 3 nitrogen and oxygen atoms in total. The number of para-hydroxylation sites is 1. The SMILES string of the molecule is C[C@@]1(c2cccc(-c3ccc4c5cc(-c6cccc(-c7cccc(-c8ccccc8N)c7)c6)ccc5n(-c5cccc(C#N)c5)c4c3)c2S)C=CC=CC1. The van der Waals surface area contributed by atoms with Crippen LogP contribution >= 0.6 is 12.6 Å². The van der Waals surface area contributed by atoms with E-state index < -0.39 is 0 Å². The lowest BCUT2D eigenvalue weighted by molar-refractivity contribution is 0.589. The molecule has 0 saturated carbocycles. The molecular formula is C50H37N3S. The van der Waals surface area contributed by atoms with Crippen molar-refractivity contribution in [1.29, 1.82) is 5.26 Å². The van der Waals surface area contributed by atoms with Crippen LogP contribution in [-0.4, -0.2) is 4.57 Å². The summed E-state index contributed by atoms with van der Waals surface area (Å²) in [4.78, 5) is 0.994. The number of anilines is 1. The summed E-state index contributed by atoms with van der Waals surface area (Å²) >= 11 is 5.16. The molecule has 1 heterocycles. The van der Waals surface area contributed by atoms with Crippen LogP contribution in [0.1, 0.15) is 24.5 Å². The fourth-order valence-corrected chi connectivity index (χ4v) is 8.56. The predicted octanol–water partition coefficient (Wildman–Crippen LogP) is 13.0. The van der Waals surface area contributed by atoms with Gasteiger partial charge in [0.15, 0.2) is 0 Å². The first-order chi connectivity index (χ1) is 26.4. The van der Waals surface area contributed by atoms with E-state index in [1.807, 2.05) is 36.4 Å². The second-order valence-electron chi connectivity index (χ2n) is 14.3. The molecule has 1 aliphatic carbocycles. The minimum atomic E-state index is -0.120. The Morgan fingerprint density at radius 2 is 1.28 bits per heavy atom. The van der Waals surface area contributed by atoms with Crippen molar-refractivity contribution in [2.75, 3.05) is 5.73 Å². The highest BCUT2D eigenvalue weighted by Crippen LogP contribution is 2.42. The van der Waals surface area contributed by atoms with Crippen LogP contribution in [0.25, 0.3) is 72.0 Å². The van der Waals surface area contributed by atoms with Gasteiger partial charge in [-0.15, -0.1) is 12.6 Å². The summed E-state index contributed by atoms with van der Waals surface area (Å²) in [7, 11) is 0. The minimum Gasteiger partial charge on any atom is -0.398 e. The maximum Gasteiger partial charge on any atom is 0.0992 e. The monoisotopic (exact) mass is 711 g/mol. The fourth-order valence-electron chi connectivity index (χ4n) is 8.03. The third-order valence-electron chi connectivity index (χ3n) is 10.9.